The van der Waals surface area contributed by atoms with Crippen LogP contribution in [0.25, 0.3) is 0 Å². The quantitative estimate of drug-likeness (QED) is 0.497. The van der Waals surface area contributed by atoms with E-state index in [2.05, 4.69) is 6.92 Å². The van der Waals surface area contributed by atoms with Gasteiger partial charge in [-0.3, -0.25) is 0 Å². The molecule has 1 unspecified atom stereocenters. The molecule has 0 saturated carbocycles. The molecular formula is C19H28O4. The third kappa shape index (κ3) is 6.71. The lowest BCUT2D eigenvalue weighted by Crippen LogP contribution is -2.22. The molecule has 4 nitrogen and oxygen atoms in total. The summed E-state index contributed by atoms with van der Waals surface area (Å²) < 4.78 is 16.6. The first-order valence-corrected chi connectivity index (χ1v) is 8.79. The third-order valence-corrected chi connectivity index (χ3v) is 3.97. The van der Waals surface area contributed by atoms with E-state index in [0.717, 1.165) is 44.3 Å². The van der Waals surface area contributed by atoms with Crippen LogP contribution in [0.2, 0.25) is 0 Å². The van der Waals surface area contributed by atoms with Crippen LogP contribution < -0.4 is 0 Å². The van der Waals surface area contributed by atoms with Gasteiger partial charge in [0.2, 0.25) is 0 Å². The minimum absolute atomic E-state index is 0.113. The number of unbranched alkanes of at least 4 members (excludes halogenated alkanes) is 3. The highest BCUT2D eigenvalue weighted by Gasteiger charge is 2.14. The number of esters is 1. The molecule has 1 atom stereocenters. The normalized spacial score (nSPS) is 17.9. The van der Waals surface area contributed by atoms with Crippen molar-refractivity contribution >= 4 is 5.97 Å². The summed E-state index contributed by atoms with van der Waals surface area (Å²) in [5.41, 5.74) is 1.56. The Labute approximate surface area is 139 Å². The largest absolute Gasteiger partial charge is 0.462 e. The molecule has 128 valence electrons. The van der Waals surface area contributed by atoms with Gasteiger partial charge in [0.1, 0.15) is 0 Å². The summed E-state index contributed by atoms with van der Waals surface area (Å²) in [6.07, 6.45) is 7.50. The van der Waals surface area contributed by atoms with E-state index < -0.39 is 0 Å². The van der Waals surface area contributed by atoms with Gasteiger partial charge in [0.15, 0.2) is 6.29 Å². The van der Waals surface area contributed by atoms with Crippen molar-refractivity contribution < 1.29 is 19.0 Å². The summed E-state index contributed by atoms with van der Waals surface area (Å²) in [5.74, 6) is -0.253. The smallest absolute Gasteiger partial charge is 0.338 e. The van der Waals surface area contributed by atoms with E-state index in [9.17, 15) is 4.79 Å². The van der Waals surface area contributed by atoms with E-state index in [0.29, 0.717) is 18.8 Å². The first kappa shape index (κ1) is 18.0. The van der Waals surface area contributed by atoms with Gasteiger partial charge in [0, 0.05) is 6.61 Å². The third-order valence-electron chi connectivity index (χ3n) is 3.97. The van der Waals surface area contributed by atoms with Crippen LogP contribution in [-0.4, -0.2) is 25.5 Å². The minimum Gasteiger partial charge on any atom is -0.462 e. The summed E-state index contributed by atoms with van der Waals surface area (Å²) in [7, 11) is 0. The van der Waals surface area contributed by atoms with Crippen molar-refractivity contribution in [3.8, 4) is 0 Å². The van der Waals surface area contributed by atoms with Gasteiger partial charge < -0.3 is 14.2 Å². The second-order valence-corrected chi connectivity index (χ2v) is 6.00. The predicted molar refractivity (Wildman–Crippen MR) is 89.2 cm³/mol. The summed E-state index contributed by atoms with van der Waals surface area (Å²) in [6, 6.07) is 7.46. The molecule has 23 heavy (non-hydrogen) atoms. The van der Waals surface area contributed by atoms with Crippen LogP contribution in [0.4, 0.5) is 0 Å². The lowest BCUT2D eigenvalue weighted by Gasteiger charge is -2.22. The Morgan fingerprint density at radius 2 is 2.17 bits per heavy atom. The Morgan fingerprint density at radius 3 is 2.96 bits per heavy atom. The highest BCUT2D eigenvalue weighted by Crippen LogP contribution is 2.16. The molecule has 1 aromatic carbocycles. The summed E-state index contributed by atoms with van der Waals surface area (Å²) in [6.45, 7) is 3.89. The molecular weight excluding hydrogens is 292 g/mol. The summed E-state index contributed by atoms with van der Waals surface area (Å²) in [4.78, 5) is 12.0. The van der Waals surface area contributed by atoms with Crippen molar-refractivity contribution in [1.29, 1.82) is 0 Å². The molecule has 0 aromatic heterocycles. The van der Waals surface area contributed by atoms with Crippen LogP contribution in [-0.2, 0) is 20.8 Å². The number of hydrogen-bond acceptors (Lipinski definition) is 4. The highest BCUT2D eigenvalue weighted by atomic mass is 16.7. The van der Waals surface area contributed by atoms with Crippen molar-refractivity contribution in [3.05, 3.63) is 35.4 Å². The zero-order valence-corrected chi connectivity index (χ0v) is 14.1. The van der Waals surface area contributed by atoms with E-state index in [1.165, 1.54) is 12.8 Å². The molecule has 0 spiro atoms. The van der Waals surface area contributed by atoms with Gasteiger partial charge in [-0.2, -0.15) is 0 Å². The van der Waals surface area contributed by atoms with Gasteiger partial charge in [-0.25, -0.2) is 4.79 Å². The molecule has 1 aromatic rings. The van der Waals surface area contributed by atoms with E-state index >= 15 is 0 Å². The van der Waals surface area contributed by atoms with Gasteiger partial charge in [-0.05, 0) is 43.4 Å². The van der Waals surface area contributed by atoms with E-state index in [4.69, 9.17) is 14.2 Å². The SMILES string of the molecule is CCCCCCOC(=O)c1cccc(COC2CCCCO2)c1. The van der Waals surface area contributed by atoms with Crippen molar-refractivity contribution in [2.45, 2.75) is 64.8 Å². The first-order chi connectivity index (χ1) is 11.3. The molecule has 0 bridgehead atoms. The monoisotopic (exact) mass is 320 g/mol. The summed E-state index contributed by atoms with van der Waals surface area (Å²) >= 11 is 0. The van der Waals surface area contributed by atoms with Crippen molar-refractivity contribution in [3.63, 3.8) is 0 Å². The Balaban J connectivity index is 1.75. The minimum atomic E-state index is -0.253. The fourth-order valence-electron chi connectivity index (χ4n) is 2.60. The van der Waals surface area contributed by atoms with Crippen LogP contribution in [0.5, 0.6) is 0 Å². The Hall–Kier alpha value is -1.39. The number of ether oxygens (including phenoxy) is 3. The summed E-state index contributed by atoms with van der Waals surface area (Å²) in [5, 5.41) is 0. The molecule has 1 fully saturated rings. The van der Waals surface area contributed by atoms with Crippen LogP contribution in [0.15, 0.2) is 24.3 Å². The predicted octanol–water partition coefficient (Wildman–Crippen LogP) is 4.47. The maximum absolute atomic E-state index is 12.0. The second kappa shape index (κ2) is 10.4. The molecule has 4 heteroatoms. The van der Waals surface area contributed by atoms with Gasteiger partial charge in [0.25, 0.3) is 0 Å². The van der Waals surface area contributed by atoms with E-state index in [-0.39, 0.29) is 12.3 Å². The molecule has 1 saturated heterocycles. The molecule has 1 aliphatic rings. The molecule has 2 rings (SSSR count). The van der Waals surface area contributed by atoms with Crippen LogP contribution in [0, 0.1) is 0 Å². The Kier molecular flexibility index (Phi) is 8.12. The fraction of sp³-hybridized carbons (Fsp3) is 0.632. The lowest BCUT2D eigenvalue weighted by molar-refractivity contribution is -0.168. The maximum Gasteiger partial charge on any atom is 0.338 e. The molecule has 0 aliphatic carbocycles. The molecule has 0 radical (unpaired) electrons. The average Bonchev–Trinajstić information content (AvgIpc) is 2.61. The standard InChI is InChI=1S/C19H28O4/c1-2-3-4-6-13-22-19(20)17-10-8-9-16(14-17)15-23-18-11-5-7-12-21-18/h8-10,14,18H,2-7,11-13,15H2,1H3. The molecule has 0 amide bonds. The zero-order chi connectivity index (χ0) is 16.3. The topological polar surface area (TPSA) is 44.8 Å². The van der Waals surface area contributed by atoms with Gasteiger partial charge >= 0.3 is 5.97 Å². The van der Waals surface area contributed by atoms with E-state index in [1.807, 2.05) is 18.2 Å². The van der Waals surface area contributed by atoms with Crippen LogP contribution in [0.1, 0.15) is 67.8 Å². The van der Waals surface area contributed by atoms with Gasteiger partial charge in [-0.15, -0.1) is 0 Å². The number of rotatable bonds is 9. The van der Waals surface area contributed by atoms with E-state index in [1.54, 1.807) is 6.07 Å². The Morgan fingerprint density at radius 1 is 1.26 bits per heavy atom. The average molecular weight is 320 g/mol. The molecule has 0 N–H and O–H groups in total. The van der Waals surface area contributed by atoms with Crippen LogP contribution in [0.3, 0.4) is 0 Å². The number of hydrogen-bond donors (Lipinski definition) is 0. The Bertz CT molecular complexity index is 466. The number of carbonyl (C=O) groups excluding carboxylic acids is 1. The fourth-order valence-corrected chi connectivity index (χ4v) is 2.60. The lowest BCUT2D eigenvalue weighted by atomic mass is 10.1. The maximum atomic E-state index is 12.0. The van der Waals surface area contributed by atoms with Crippen molar-refractivity contribution in [1.82, 2.24) is 0 Å². The second-order valence-electron chi connectivity index (χ2n) is 6.00. The van der Waals surface area contributed by atoms with Gasteiger partial charge in [0.05, 0.1) is 18.8 Å². The van der Waals surface area contributed by atoms with Crippen molar-refractivity contribution in [2.75, 3.05) is 13.2 Å². The number of carbonyl (C=O) groups is 1. The van der Waals surface area contributed by atoms with Crippen molar-refractivity contribution in [2.24, 2.45) is 0 Å². The van der Waals surface area contributed by atoms with Gasteiger partial charge in [-0.1, -0.05) is 38.3 Å². The molecule has 1 heterocycles. The first-order valence-electron chi connectivity index (χ1n) is 8.79. The zero-order valence-electron chi connectivity index (χ0n) is 14.1. The van der Waals surface area contributed by atoms with Crippen LogP contribution >= 0.6 is 0 Å². The molecule has 1 aliphatic heterocycles. The number of benzene rings is 1. The highest BCUT2D eigenvalue weighted by molar-refractivity contribution is 5.89.